The molecule has 1 unspecified atom stereocenters. The summed E-state index contributed by atoms with van der Waals surface area (Å²) in [5.74, 6) is 0. The number of rotatable bonds is 3. The number of hydrogen-bond donors (Lipinski definition) is 1. The number of halogens is 1. The van der Waals surface area contributed by atoms with Gasteiger partial charge in [0, 0.05) is 28.0 Å². The molecular formula is C12H13BrN2S. The van der Waals surface area contributed by atoms with Crippen LogP contribution < -0.4 is 5.73 Å². The van der Waals surface area contributed by atoms with Crippen LogP contribution in [0, 0.1) is 6.92 Å². The number of aromatic nitrogens is 1. The lowest BCUT2D eigenvalue weighted by Gasteiger charge is -2.13. The first-order valence-corrected chi connectivity index (χ1v) is 6.73. The van der Waals surface area contributed by atoms with Crippen molar-refractivity contribution in [1.82, 2.24) is 4.98 Å². The van der Waals surface area contributed by atoms with Crippen LogP contribution in [0.1, 0.15) is 22.0 Å². The Kier molecular flexibility index (Phi) is 3.74. The normalized spacial score (nSPS) is 12.7. The van der Waals surface area contributed by atoms with Gasteiger partial charge in [-0.05, 0) is 24.1 Å². The molecule has 2 rings (SSSR count). The molecule has 2 nitrogen and oxygen atoms in total. The minimum atomic E-state index is 0.0235. The Morgan fingerprint density at radius 3 is 2.94 bits per heavy atom. The number of aryl methyl sites for hydroxylation is 1. The van der Waals surface area contributed by atoms with Gasteiger partial charge in [-0.25, -0.2) is 0 Å². The first kappa shape index (κ1) is 11.8. The van der Waals surface area contributed by atoms with Crippen LogP contribution in [-0.2, 0) is 6.42 Å². The molecule has 2 aromatic rings. The van der Waals surface area contributed by atoms with Gasteiger partial charge >= 0.3 is 0 Å². The van der Waals surface area contributed by atoms with E-state index in [0.29, 0.717) is 0 Å². The Labute approximate surface area is 108 Å². The molecule has 0 aliphatic rings. The molecule has 0 fully saturated rings. The molecule has 0 bridgehead atoms. The number of benzene rings is 1. The maximum absolute atomic E-state index is 6.19. The lowest BCUT2D eigenvalue weighted by Crippen LogP contribution is -2.13. The number of thiazole rings is 1. The van der Waals surface area contributed by atoms with Crippen molar-refractivity contribution in [2.24, 2.45) is 5.73 Å². The Hall–Kier alpha value is -0.710. The van der Waals surface area contributed by atoms with E-state index >= 15 is 0 Å². The highest BCUT2D eigenvalue weighted by molar-refractivity contribution is 9.10. The van der Waals surface area contributed by atoms with E-state index in [9.17, 15) is 0 Å². The van der Waals surface area contributed by atoms with Crippen molar-refractivity contribution >= 4 is 27.3 Å². The average Bonchev–Trinajstić information content (AvgIpc) is 2.70. The van der Waals surface area contributed by atoms with E-state index in [1.165, 1.54) is 10.4 Å². The summed E-state index contributed by atoms with van der Waals surface area (Å²) in [6.07, 6.45) is 2.72. The average molecular weight is 297 g/mol. The Balaban J connectivity index is 2.17. The summed E-state index contributed by atoms with van der Waals surface area (Å²) in [6, 6.07) is 6.30. The molecule has 1 aromatic heterocycles. The third kappa shape index (κ3) is 2.70. The highest BCUT2D eigenvalue weighted by Gasteiger charge is 2.11. The molecule has 0 saturated carbocycles. The first-order valence-electron chi connectivity index (χ1n) is 5.06. The summed E-state index contributed by atoms with van der Waals surface area (Å²) in [5, 5.41) is 0. The van der Waals surface area contributed by atoms with Crippen molar-refractivity contribution in [3.63, 3.8) is 0 Å². The molecule has 0 radical (unpaired) electrons. The van der Waals surface area contributed by atoms with Crippen LogP contribution in [0.3, 0.4) is 0 Å². The molecule has 1 aromatic carbocycles. The van der Waals surface area contributed by atoms with Gasteiger partial charge in [-0.1, -0.05) is 28.1 Å². The van der Waals surface area contributed by atoms with Crippen LogP contribution in [0.2, 0.25) is 0 Å². The highest BCUT2D eigenvalue weighted by Crippen LogP contribution is 2.26. The summed E-state index contributed by atoms with van der Waals surface area (Å²) in [6.45, 7) is 2.07. The van der Waals surface area contributed by atoms with E-state index in [4.69, 9.17) is 5.73 Å². The molecule has 4 heteroatoms. The minimum Gasteiger partial charge on any atom is -0.324 e. The molecule has 16 heavy (non-hydrogen) atoms. The molecule has 0 amide bonds. The Bertz CT molecular complexity index is 468. The van der Waals surface area contributed by atoms with Gasteiger partial charge in [0.1, 0.15) is 0 Å². The van der Waals surface area contributed by atoms with Crippen molar-refractivity contribution in [3.05, 3.63) is 50.4 Å². The molecule has 0 spiro atoms. The number of nitrogens with two attached hydrogens (primary N) is 1. The first-order chi connectivity index (χ1) is 7.66. The minimum absolute atomic E-state index is 0.0235. The van der Waals surface area contributed by atoms with Crippen LogP contribution in [0.15, 0.2) is 34.4 Å². The SMILES string of the molecule is Cc1ccc(C(N)Cc2cncs2)c(Br)c1. The smallest absolute Gasteiger partial charge is 0.0794 e. The van der Waals surface area contributed by atoms with Crippen molar-refractivity contribution in [2.75, 3.05) is 0 Å². The second kappa shape index (κ2) is 5.08. The quantitative estimate of drug-likeness (QED) is 0.942. The number of hydrogen-bond acceptors (Lipinski definition) is 3. The summed E-state index contributed by atoms with van der Waals surface area (Å²) >= 11 is 5.21. The van der Waals surface area contributed by atoms with Crippen molar-refractivity contribution < 1.29 is 0 Å². The Morgan fingerprint density at radius 2 is 2.31 bits per heavy atom. The maximum atomic E-state index is 6.19. The zero-order valence-electron chi connectivity index (χ0n) is 8.98. The molecule has 2 N–H and O–H groups in total. The molecular weight excluding hydrogens is 284 g/mol. The van der Waals surface area contributed by atoms with Crippen LogP contribution in [0.4, 0.5) is 0 Å². The van der Waals surface area contributed by atoms with Crippen molar-refractivity contribution in [1.29, 1.82) is 0 Å². The van der Waals surface area contributed by atoms with Gasteiger partial charge in [-0.2, -0.15) is 0 Å². The molecule has 84 valence electrons. The van der Waals surface area contributed by atoms with Crippen LogP contribution in [-0.4, -0.2) is 4.98 Å². The predicted molar refractivity (Wildman–Crippen MR) is 71.6 cm³/mol. The van der Waals surface area contributed by atoms with Crippen LogP contribution >= 0.6 is 27.3 Å². The Morgan fingerprint density at radius 1 is 1.50 bits per heavy atom. The topological polar surface area (TPSA) is 38.9 Å². The third-order valence-corrected chi connectivity index (χ3v) is 3.95. The van der Waals surface area contributed by atoms with Crippen LogP contribution in [0.5, 0.6) is 0 Å². The second-order valence-electron chi connectivity index (χ2n) is 3.80. The van der Waals surface area contributed by atoms with E-state index < -0.39 is 0 Å². The molecule has 1 heterocycles. The van der Waals surface area contributed by atoms with Gasteiger partial charge in [-0.15, -0.1) is 11.3 Å². The van der Waals surface area contributed by atoms with E-state index in [-0.39, 0.29) is 6.04 Å². The lowest BCUT2D eigenvalue weighted by atomic mass is 10.0. The van der Waals surface area contributed by atoms with E-state index in [1.807, 2.05) is 11.7 Å². The van der Waals surface area contributed by atoms with Gasteiger partial charge in [0.05, 0.1) is 5.51 Å². The molecule has 1 atom stereocenters. The zero-order chi connectivity index (χ0) is 11.5. The third-order valence-electron chi connectivity index (χ3n) is 2.46. The zero-order valence-corrected chi connectivity index (χ0v) is 11.4. The summed E-state index contributed by atoms with van der Waals surface area (Å²) in [5.41, 5.74) is 10.4. The molecule has 0 aliphatic carbocycles. The maximum Gasteiger partial charge on any atom is 0.0794 e. The second-order valence-corrected chi connectivity index (χ2v) is 5.63. The largest absolute Gasteiger partial charge is 0.324 e. The van der Waals surface area contributed by atoms with Gasteiger partial charge in [0.2, 0.25) is 0 Å². The fourth-order valence-electron chi connectivity index (χ4n) is 1.60. The summed E-state index contributed by atoms with van der Waals surface area (Å²) < 4.78 is 1.09. The predicted octanol–water partition coefficient (Wildman–Crippen LogP) is 3.46. The summed E-state index contributed by atoms with van der Waals surface area (Å²) in [4.78, 5) is 5.28. The van der Waals surface area contributed by atoms with Gasteiger partial charge in [0.15, 0.2) is 0 Å². The van der Waals surface area contributed by atoms with Gasteiger partial charge in [-0.3, -0.25) is 4.98 Å². The summed E-state index contributed by atoms with van der Waals surface area (Å²) in [7, 11) is 0. The fraction of sp³-hybridized carbons (Fsp3) is 0.250. The van der Waals surface area contributed by atoms with Crippen molar-refractivity contribution in [2.45, 2.75) is 19.4 Å². The van der Waals surface area contributed by atoms with Crippen LogP contribution in [0.25, 0.3) is 0 Å². The monoisotopic (exact) mass is 296 g/mol. The van der Waals surface area contributed by atoms with Gasteiger partial charge < -0.3 is 5.73 Å². The standard InChI is InChI=1S/C12H13BrN2S/c1-8-2-3-10(11(13)4-8)12(14)5-9-6-15-7-16-9/h2-4,6-7,12H,5,14H2,1H3. The number of nitrogens with zero attached hydrogens (tertiary/aromatic N) is 1. The van der Waals surface area contributed by atoms with E-state index in [1.54, 1.807) is 11.3 Å². The van der Waals surface area contributed by atoms with E-state index in [2.05, 4.69) is 46.0 Å². The van der Waals surface area contributed by atoms with Gasteiger partial charge in [0.25, 0.3) is 0 Å². The molecule has 0 aliphatic heterocycles. The fourth-order valence-corrected chi connectivity index (χ4v) is 3.04. The molecule has 0 saturated heterocycles. The van der Waals surface area contributed by atoms with Crippen molar-refractivity contribution in [3.8, 4) is 0 Å². The lowest BCUT2D eigenvalue weighted by molar-refractivity contribution is 0.725. The van der Waals surface area contributed by atoms with E-state index in [0.717, 1.165) is 16.5 Å². The highest BCUT2D eigenvalue weighted by atomic mass is 79.9.